The number of likely N-dealkylation sites (N-methyl/N-ethyl adjacent to an activating group) is 1. The number of rotatable bonds is 33. The first-order chi connectivity index (χ1) is 22.5. The number of aliphatic hydroxyl groups is 1. The minimum Gasteiger partial charge on any atom is -0.756 e. The molecule has 0 rings (SSSR count). The summed E-state index contributed by atoms with van der Waals surface area (Å²) in [5, 5.41) is 13.6. The lowest BCUT2D eigenvalue weighted by molar-refractivity contribution is -0.870. The van der Waals surface area contributed by atoms with Gasteiger partial charge in [0.1, 0.15) is 13.2 Å². The highest BCUT2D eigenvalue weighted by Crippen LogP contribution is 2.38. The monoisotopic (exact) mass is 685 g/mol. The number of allylic oxidation sites excluding steroid dienone is 5. The third-order valence-corrected chi connectivity index (χ3v) is 9.14. The fraction of sp³-hybridized carbons (Fsp3) is 0.816. The number of carbonyl (C=O) groups is 1. The predicted octanol–water partition coefficient (Wildman–Crippen LogP) is 8.94. The van der Waals surface area contributed by atoms with Crippen molar-refractivity contribution < 1.29 is 32.9 Å². The van der Waals surface area contributed by atoms with Crippen LogP contribution in [0, 0.1) is 0 Å². The number of nitrogens with one attached hydrogen (secondary N) is 1. The molecule has 276 valence electrons. The molecule has 0 fully saturated rings. The number of aliphatic hydroxyl groups excluding tert-OH is 1. The van der Waals surface area contributed by atoms with Gasteiger partial charge in [-0.3, -0.25) is 9.36 Å². The zero-order chi connectivity index (χ0) is 35.1. The number of amides is 1. The number of quaternary nitrogens is 1. The Labute approximate surface area is 289 Å². The van der Waals surface area contributed by atoms with Crippen molar-refractivity contribution in [3.05, 3.63) is 36.5 Å². The Hall–Kier alpha value is -1.28. The van der Waals surface area contributed by atoms with Crippen LogP contribution in [-0.2, 0) is 18.4 Å². The van der Waals surface area contributed by atoms with Gasteiger partial charge in [0.25, 0.3) is 7.82 Å². The maximum atomic E-state index is 12.7. The van der Waals surface area contributed by atoms with Crippen LogP contribution in [-0.4, -0.2) is 68.5 Å². The van der Waals surface area contributed by atoms with Crippen LogP contribution < -0.4 is 10.2 Å². The van der Waals surface area contributed by atoms with Gasteiger partial charge in [0.2, 0.25) is 5.91 Å². The van der Waals surface area contributed by atoms with Crippen molar-refractivity contribution in [3.8, 4) is 0 Å². The van der Waals surface area contributed by atoms with E-state index in [2.05, 4.69) is 30.5 Å². The Kier molecular flexibility index (Phi) is 29.9. The number of nitrogens with zero attached hydrogens (tertiary/aromatic N) is 1. The van der Waals surface area contributed by atoms with Crippen LogP contribution in [0.3, 0.4) is 0 Å². The molecule has 3 unspecified atom stereocenters. The summed E-state index contributed by atoms with van der Waals surface area (Å²) in [4.78, 5) is 25.1. The molecular weight excluding hydrogens is 611 g/mol. The zero-order valence-electron chi connectivity index (χ0n) is 31.0. The Balaban J connectivity index is 4.46. The third kappa shape index (κ3) is 33.0. The van der Waals surface area contributed by atoms with Gasteiger partial charge in [0.05, 0.1) is 39.9 Å². The van der Waals surface area contributed by atoms with Gasteiger partial charge < -0.3 is 28.8 Å². The molecule has 0 bridgehead atoms. The number of phosphoric ester groups is 1. The van der Waals surface area contributed by atoms with Gasteiger partial charge in [0, 0.05) is 6.42 Å². The van der Waals surface area contributed by atoms with E-state index in [1.807, 2.05) is 40.2 Å². The van der Waals surface area contributed by atoms with E-state index in [9.17, 15) is 19.4 Å². The summed E-state index contributed by atoms with van der Waals surface area (Å²) in [6.45, 7) is 4.36. The minimum absolute atomic E-state index is 0.00867. The summed E-state index contributed by atoms with van der Waals surface area (Å²) in [5.74, 6) is -0.216. The van der Waals surface area contributed by atoms with E-state index < -0.39 is 26.6 Å². The van der Waals surface area contributed by atoms with Crippen molar-refractivity contribution in [1.82, 2.24) is 5.32 Å². The van der Waals surface area contributed by atoms with Gasteiger partial charge in [-0.25, -0.2) is 0 Å². The largest absolute Gasteiger partial charge is 0.756 e. The highest BCUT2D eigenvalue weighted by molar-refractivity contribution is 7.45. The number of hydrogen-bond acceptors (Lipinski definition) is 6. The van der Waals surface area contributed by atoms with Crippen LogP contribution in [0.4, 0.5) is 0 Å². The first kappa shape index (κ1) is 45.7. The topological polar surface area (TPSA) is 108 Å². The Bertz CT molecular complexity index is 871. The van der Waals surface area contributed by atoms with E-state index >= 15 is 0 Å². The molecule has 0 aromatic heterocycles. The predicted molar refractivity (Wildman–Crippen MR) is 196 cm³/mol. The number of unbranched alkanes of at least 4 members (excludes halogenated alkanes) is 17. The highest BCUT2D eigenvalue weighted by atomic mass is 31.2. The number of hydrogen-bond donors (Lipinski definition) is 2. The fourth-order valence-electron chi connectivity index (χ4n) is 5.13. The van der Waals surface area contributed by atoms with Crippen LogP contribution in [0.5, 0.6) is 0 Å². The summed E-state index contributed by atoms with van der Waals surface area (Å²) in [5.41, 5.74) is 0. The van der Waals surface area contributed by atoms with Crippen molar-refractivity contribution in [2.75, 3.05) is 40.9 Å². The molecule has 0 aromatic rings. The van der Waals surface area contributed by atoms with E-state index in [0.29, 0.717) is 17.4 Å². The lowest BCUT2D eigenvalue weighted by atomic mass is 10.0. The van der Waals surface area contributed by atoms with Crippen LogP contribution in [0.15, 0.2) is 36.5 Å². The second kappa shape index (κ2) is 30.8. The molecule has 0 saturated heterocycles. The Morgan fingerprint density at radius 3 is 1.72 bits per heavy atom. The van der Waals surface area contributed by atoms with Crippen molar-refractivity contribution in [3.63, 3.8) is 0 Å². The lowest BCUT2D eigenvalue weighted by Gasteiger charge is -2.29. The second-order valence-electron chi connectivity index (χ2n) is 13.9. The van der Waals surface area contributed by atoms with Gasteiger partial charge in [-0.05, 0) is 39.0 Å². The molecule has 1 amide bonds. The number of carbonyl (C=O) groups excluding carboxylic acids is 1. The summed E-state index contributed by atoms with van der Waals surface area (Å²) < 4.78 is 23.0. The molecule has 0 aliphatic rings. The molecule has 0 aliphatic carbocycles. The molecule has 0 heterocycles. The minimum atomic E-state index is -4.58. The summed E-state index contributed by atoms with van der Waals surface area (Å²) >= 11 is 0. The average Bonchev–Trinajstić information content (AvgIpc) is 3.01. The van der Waals surface area contributed by atoms with Crippen LogP contribution in [0.25, 0.3) is 0 Å². The molecular formula is C38H73N2O6P. The van der Waals surface area contributed by atoms with Gasteiger partial charge in [-0.2, -0.15) is 0 Å². The first-order valence-electron chi connectivity index (χ1n) is 18.8. The molecule has 9 heteroatoms. The lowest BCUT2D eigenvalue weighted by Crippen LogP contribution is -2.45. The van der Waals surface area contributed by atoms with Crippen LogP contribution >= 0.6 is 7.82 Å². The van der Waals surface area contributed by atoms with E-state index in [4.69, 9.17) is 9.05 Å². The van der Waals surface area contributed by atoms with Crippen LogP contribution in [0.1, 0.15) is 149 Å². The molecule has 47 heavy (non-hydrogen) atoms. The first-order valence-corrected chi connectivity index (χ1v) is 20.3. The molecule has 8 nitrogen and oxygen atoms in total. The molecule has 0 aliphatic heterocycles. The summed E-state index contributed by atoms with van der Waals surface area (Å²) in [6, 6.07) is -0.902. The third-order valence-electron chi connectivity index (χ3n) is 8.18. The standard InChI is InChI=1S/C38H73N2O6P/c1-6-8-10-12-14-16-17-18-19-20-21-22-24-26-28-30-32-38(42)39-36(35-46-47(43,44)45-34-33-40(3,4)5)37(41)31-29-27-25-23-15-13-11-9-7-2/h7,9,15,23,29,31,36-37,41H,6,8,10-14,16-22,24-28,30,32-35H2,1-5H3,(H-,39,42,43,44)/b9-7+,23-15+,31-29+. The van der Waals surface area contributed by atoms with E-state index in [1.54, 1.807) is 6.08 Å². The van der Waals surface area contributed by atoms with E-state index in [1.165, 1.54) is 83.5 Å². The quantitative estimate of drug-likeness (QED) is 0.0309. The Morgan fingerprint density at radius 2 is 1.23 bits per heavy atom. The van der Waals surface area contributed by atoms with E-state index in [-0.39, 0.29) is 12.5 Å². The normalized spacial score (nSPS) is 15.1. The van der Waals surface area contributed by atoms with Gasteiger partial charge in [0.15, 0.2) is 0 Å². The van der Waals surface area contributed by atoms with Crippen LogP contribution in [0.2, 0.25) is 0 Å². The maximum absolute atomic E-state index is 12.7. The molecule has 0 aromatic carbocycles. The molecule has 0 radical (unpaired) electrons. The average molecular weight is 685 g/mol. The van der Waals surface area contributed by atoms with Crippen molar-refractivity contribution in [2.45, 2.75) is 161 Å². The van der Waals surface area contributed by atoms with Gasteiger partial charge >= 0.3 is 0 Å². The summed E-state index contributed by atoms with van der Waals surface area (Å²) in [6.07, 6.45) is 35.0. The van der Waals surface area contributed by atoms with Crippen molar-refractivity contribution in [1.29, 1.82) is 0 Å². The van der Waals surface area contributed by atoms with Crippen molar-refractivity contribution in [2.24, 2.45) is 0 Å². The Morgan fingerprint density at radius 1 is 0.766 bits per heavy atom. The maximum Gasteiger partial charge on any atom is 0.268 e. The SMILES string of the molecule is C/C=C/CC/C=C/CC/C=C/C(O)C(COP(=O)([O-])OCC[N+](C)(C)C)NC(=O)CCCCCCCCCCCCCCCCCC. The molecule has 0 spiro atoms. The van der Waals surface area contributed by atoms with Crippen molar-refractivity contribution >= 4 is 13.7 Å². The highest BCUT2D eigenvalue weighted by Gasteiger charge is 2.23. The smallest absolute Gasteiger partial charge is 0.268 e. The summed E-state index contributed by atoms with van der Waals surface area (Å²) in [7, 11) is 1.23. The molecule has 2 N–H and O–H groups in total. The number of phosphoric acid groups is 1. The van der Waals surface area contributed by atoms with E-state index in [0.717, 1.165) is 44.9 Å². The second-order valence-corrected chi connectivity index (χ2v) is 15.3. The zero-order valence-corrected chi connectivity index (χ0v) is 31.9. The van der Waals surface area contributed by atoms with Gasteiger partial charge in [-0.1, -0.05) is 140 Å². The molecule has 0 saturated carbocycles. The van der Waals surface area contributed by atoms with Gasteiger partial charge in [-0.15, -0.1) is 0 Å². The molecule has 3 atom stereocenters. The fourth-order valence-corrected chi connectivity index (χ4v) is 5.85.